The molecule has 598 valence electrons. The smallest absolute Gasteiger partial charge is 0.0624 e. The van der Waals surface area contributed by atoms with Crippen molar-refractivity contribution in [2.24, 2.45) is 55.7 Å². The fourth-order valence-electron chi connectivity index (χ4n) is 13.4. The van der Waals surface area contributed by atoms with Gasteiger partial charge in [-0.3, -0.25) is 9.80 Å². The Bertz CT molecular complexity index is 1690. The molecule has 0 aromatic carbocycles. The molecule has 0 amide bonds. The van der Waals surface area contributed by atoms with Crippen molar-refractivity contribution in [2.75, 3.05) is 167 Å². The Morgan fingerprint density at radius 3 is 0.859 bits per heavy atom. The normalized spacial score (nSPS) is 24.8. The third-order valence-corrected chi connectivity index (χ3v) is 20.7. The molecule has 1 saturated carbocycles. The maximum atomic E-state index is 5.52. The van der Waals surface area contributed by atoms with Crippen LogP contribution in [0.3, 0.4) is 0 Å². The molecule has 0 radical (unpaired) electrons. The van der Waals surface area contributed by atoms with Gasteiger partial charge in [-0.15, -0.1) is 0 Å². The summed E-state index contributed by atoms with van der Waals surface area (Å²) in [5.41, 5.74) is 4.10. The number of ether oxygens (including phenoxy) is 4. The SMILES string of the molecule is C1CCCCC1.C1CCOCC1.CC(C)(C)C.CC(C)(C)C.CC(C)(C)C1CCCO1.CC(C)(C)C1CCOC1.CC(C)(C)N1CCCCC1.CN1CCC(C(C)(C)C)C1.CN1CCC(C(C)(C)C)CC1.CN1CCCC1C(C)(C)C.CN1CCN(C(C)(C)C)CC1.CN1CCOCC1. The van der Waals surface area contributed by atoms with E-state index in [-0.39, 0.29) is 0 Å². The molecule has 11 heteroatoms. The zero-order valence-electron chi connectivity index (χ0n) is 74.4. The van der Waals surface area contributed by atoms with E-state index in [9.17, 15) is 0 Å². The van der Waals surface area contributed by atoms with E-state index in [1.54, 1.807) is 0 Å². The molecule has 4 unspecified atom stereocenters. The summed E-state index contributed by atoms with van der Waals surface area (Å²) in [5.74, 6) is 2.65. The fourth-order valence-corrected chi connectivity index (χ4v) is 13.4. The lowest BCUT2D eigenvalue weighted by Crippen LogP contribution is -2.52. The van der Waals surface area contributed by atoms with Crippen LogP contribution in [0.1, 0.15) is 329 Å². The van der Waals surface area contributed by atoms with Gasteiger partial charge >= 0.3 is 0 Å². The molecule has 99 heavy (non-hydrogen) atoms. The van der Waals surface area contributed by atoms with Crippen molar-refractivity contribution in [3.05, 3.63) is 0 Å². The first kappa shape index (κ1) is 101. The first-order valence-corrected chi connectivity index (χ1v) is 41.5. The highest BCUT2D eigenvalue weighted by Crippen LogP contribution is 2.36. The molecule has 9 saturated heterocycles. The highest BCUT2D eigenvalue weighted by Gasteiger charge is 2.33. The molecule has 11 nitrogen and oxygen atoms in total. The summed E-state index contributed by atoms with van der Waals surface area (Å²) in [5, 5.41) is 0. The average Bonchev–Trinajstić information content (AvgIpc) is 1.86. The summed E-state index contributed by atoms with van der Waals surface area (Å²) < 4.78 is 21.0. The lowest BCUT2D eigenvalue weighted by Gasteiger charge is -2.41. The van der Waals surface area contributed by atoms with Gasteiger partial charge in [0.05, 0.1) is 19.3 Å². The summed E-state index contributed by atoms with van der Waals surface area (Å²) in [4.78, 5) is 17.1. The van der Waals surface area contributed by atoms with Gasteiger partial charge in [-0.2, -0.15) is 0 Å². The van der Waals surface area contributed by atoms with Crippen molar-refractivity contribution < 1.29 is 18.9 Å². The molecule has 1 aliphatic carbocycles. The molecule has 0 spiro atoms. The molecule has 0 aromatic rings. The molecule has 9 heterocycles. The molecule has 10 fully saturated rings. The number of likely N-dealkylation sites (N-methyl/N-ethyl adjacent to an activating group) is 2. The van der Waals surface area contributed by atoms with Gasteiger partial charge in [0.2, 0.25) is 0 Å². The summed E-state index contributed by atoms with van der Waals surface area (Å²) in [6.45, 7) is 88.9. The predicted octanol–water partition coefficient (Wildman–Crippen LogP) is 21.6. The molecule has 10 rings (SSSR count). The van der Waals surface area contributed by atoms with Crippen LogP contribution in [-0.2, 0) is 18.9 Å². The van der Waals surface area contributed by atoms with Gasteiger partial charge < -0.3 is 43.4 Å². The van der Waals surface area contributed by atoms with Gasteiger partial charge in [0, 0.05) is 96.0 Å². The second kappa shape index (κ2) is 51.0. The van der Waals surface area contributed by atoms with Crippen LogP contribution in [0, 0.1) is 55.7 Å². The fraction of sp³-hybridized carbons (Fsp3) is 1.00. The van der Waals surface area contributed by atoms with E-state index in [0.29, 0.717) is 55.1 Å². The number of morpholine rings is 1. The number of rotatable bonds is 0. The maximum Gasteiger partial charge on any atom is 0.0624 e. The van der Waals surface area contributed by atoms with Gasteiger partial charge in [0.15, 0.2) is 0 Å². The standard InChI is InChI=1S/C10H21N.C9H20N2.3C9H19N.2C8H16O.C6H12.C5H11NO.C5H10O.2C5H12/c1-10(2,3)9-5-7-11(4)8-6-9;1-9(2,3)11-7-5-10(4)6-8-11;1-9(2,3)8-5-6-10(4)7-8;1-9(2,3)8-6-5-7-10(8)4;1-9(2,3)10-7-5-4-6-8-10;1-8(2,3)7-4-5-9-6-7;1-8(2,3)7-5-4-6-9-7;1-2-4-6-5-3-1;1-6-2-4-7-5-3-6;1-2-4-6-5-3-1;2*1-5(2,3)4/h9H,5-8H2,1-4H3;5-8H2,1-4H3;2*8H,5-7H2,1-4H3;4-8H2,1-3H3;2*7H,4-6H2,1-3H3;1-6H2;2-5H2,1H3;1-5H2;2*1-4H3. The highest BCUT2D eigenvalue weighted by molar-refractivity contribution is 4.87. The van der Waals surface area contributed by atoms with Crippen LogP contribution in [0.15, 0.2) is 0 Å². The minimum absolute atomic E-state index is 0.358. The molecular formula is C88H187N7O4. The molecular weight excluding hydrogens is 1220 g/mol. The van der Waals surface area contributed by atoms with Crippen LogP contribution >= 0.6 is 0 Å². The predicted molar refractivity (Wildman–Crippen MR) is 442 cm³/mol. The molecule has 0 bridgehead atoms. The number of piperazine rings is 1. The van der Waals surface area contributed by atoms with Crippen molar-refractivity contribution in [1.29, 1.82) is 0 Å². The largest absolute Gasteiger partial charge is 0.381 e. The molecule has 10 aliphatic rings. The Labute approximate surface area is 624 Å². The van der Waals surface area contributed by atoms with Gasteiger partial charge in [0.1, 0.15) is 0 Å². The third-order valence-electron chi connectivity index (χ3n) is 20.7. The van der Waals surface area contributed by atoms with Crippen LogP contribution in [0.25, 0.3) is 0 Å². The average molecular weight is 1410 g/mol. The van der Waals surface area contributed by atoms with Crippen LogP contribution in [0.5, 0.6) is 0 Å². The summed E-state index contributed by atoms with van der Waals surface area (Å²) >= 11 is 0. The number of likely N-dealkylation sites (tertiary alicyclic amines) is 4. The van der Waals surface area contributed by atoms with Crippen LogP contribution in [-0.4, -0.2) is 224 Å². The van der Waals surface area contributed by atoms with E-state index in [1.165, 1.54) is 200 Å². The zero-order chi connectivity index (χ0) is 76.5. The first-order chi connectivity index (χ1) is 45.2. The van der Waals surface area contributed by atoms with Gasteiger partial charge in [-0.05, 0) is 255 Å². The van der Waals surface area contributed by atoms with E-state index in [0.717, 1.165) is 83.1 Å². The molecule has 0 aromatic heterocycles. The van der Waals surface area contributed by atoms with Gasteiger partial charge in [-0.1, -0.05) is 204 Å². The minimum atomic E-state index is 0.358. The number of nitrogens with zero attached hydrogens (tertiary/aromatic N) is 7. The third kappa shape index (κ3) is 59.3. The Morgan fingerprint density at radius 1 is 0.253 bits per heavy atom. The maximum absolute atomic E-state index is 5.52. The number of piperidine rings is 2. The van der Waals surface area contributed by atoms with Crippen LogP contribution in [0.4, 0.5) is 0 Å². The minimum Gasteiger partial charge on any atom is -0.381 e. The van der Waals surface area contributed by atoms with E-state index < -0.39 is 0 Å². The van der Waals surface area contributed by atoms with Crippen molar-refractivity contribution in [1.82, 2.24) is 34.3 Å². The van der Waals surface area contributed by atoms with E-state index in [2.05, 4.69) is 270 Å². The van der Waals surface area contributed by atoms with Crippen molar-refractivity contribution >= 4 is 0 Å². The summed E-state index contributed by atoms with van der Waals surface area (Å²) in [7, 11) is 11.0. The molecule has 0 N–H and O–H groups in total. The number of hydrogen-bond acceptors (Lipinski definition) is 11. The zero-order valence-corrected chi connectivity index (χ0v) is 74.4. The van der Waals surface area contributed by atoms with Crippen LogP contribution < -0.4 is 0 Å². The van der Waals surface area contributed by atoms with E-state index in [1.807, 2.05) is 0 Å². The van der Waals surface area contributed by atoms with Gasteiger partial charge in [-0.25, -0.2) is 0 Å². The Balaban J connectivity index is 0. The number of hydrogen-bond donors (Lipinski definition) is 0. The molecule has 9 aliphatic heterocycles. The second-order valence-corrected chi connectivity index (χ2v) is 42.2. The van der Waals surface area contributed by atoms with Crippen molar-refractivity contribution in [3.8, 4) is 0 Å². The van der Waals surface area contributed by atoms with Crippen molar-refractivity contribution in [3.63, 3.8) is 0 Å². The topological polar surface area (TPSA) is 59.6 Å². The van der Waals surface area contributed by atoms with Crippen molar-refractivity contribution in [2.45, 2.75) is 352 Å². The lowest BCUT2D eigenvalue weighted by atomic mass is 9.75. The monoisotopic (exact) mass is 1410 g/mol. The second-order valence-electron chi connectivity index (χ2n) is 42.2. The highest BCUT2D eigenvalue weighted by atomic mass is 16.5. The molecule has 4 atom stereocenters. The van der Waals surface area contributed by atoms with E-state index >= 15 is 0 Å². The Kier molecular flexibility index (Phi) is 51.8. The quantitative estimate of drug-likeness (QED) is 0.233. The Morgan fingerprint density at radius 2 is 0.626 bits per heavy atom. The Hall–Kier alpha value is -0.440. The summed E-state index contributed by atoms with van der Waals surface area (Å²) in [6.07, 6.45) is 28.4. The first-order valence-electron chi connectivity index (χ1n) is 41.5. The lowest BCUT2D eigenvalue weighted by molar-refractivity contribution is 0.0290. The van der Waals surface area contributed by atoms with Gasteiger partial charge in [0.25, 0.3) is 0 Å². The van der Waals surface area contributed by atoms with E-state index in [4.69, 9.17) is 18.9 Å². The summed E-state index contributed by atoms with van der Waals surface area (Å²) in [6, 6.07) is 0.812. The van der Waals surface area contributed by atoms with Crippen LogP contribution in [0.2, 0.25) is 0 Å².